The number of hydrogen-bond acceptors (Lipinski definition) is 8. The van der Waals surface area contributed by atoms with Crippen LogP contribution in [0.1, 0.15) is 77.6 Å². The average Bonchev–Trinajstić information content (AvgIpc) is 3.02. The van der Waals surface area contributed by atoms with E-state index in [-0.39, 0.29) is 12.3 Å². The Morgan fingerprint density at radius 2 is 1.32 bits per heavy atom. The molecule has 0 aliphatic heterocycles. The number of rotatable bonds is 25. The highest BCUT2D eigenvalue weighted by atomic mass is 16.6. The van der Waals surface area contributed by atoms with Crippen LogP contribution >= 0.6 is 0 Å². The molecule has 0 spiro atoms. The summed E-state index contributed by atoms with van der Waals surface area (Å²) >= 11 is 0. The molecule has 0 unspecified atom stereocenters. The summed E-state index contributed by atoms with van der Waals surface area (Å²) in [6.45, 7) is 1.40. The second-order valence-electron chi connectivity index (χ2n) is 9.79. The lowest BCUT2D eigenvalue weighted by Crippen LogP contribution is -2.43. The lowest BCUT2D eigenvalue weighted by Gasteiger charge is -2.20. The number of ether oxygens (including phenoxy) is 2. The van der Waals surface area contributed by atoms with E-state index in [0.29, 0.717) is 25.8 Å². The zero-order valence-corrected chi connectivity index (χ0v) is 26.3. The minimum Gasteiger partial charge on any atom is -0.466 e. The average molecular weight is 617 g/mol. The van der Waals surface area contributed by atoms with Gasteiger partial charge in [0, 0.05) is 25.1 Å². The Morgan fingerprint density at radius 1 is 0.750 bits per heavy atom. The van der Waals surface area contributed by atoms with Crippen molar-refractivity contribution in [3.63, 3.8) is 0 Å². The van der Waals surface area contributed by atoms with E-state index < -0.39 is 43.2 Å². The topological polar surface area (TPSA) is 151 Å². The maximum Gasteiger partial charge on any atom is 0.330 e. The third-order valence-electron chi connectivity index (χ3n) is 6.04. The van der Waals surface area contributed by atoms with Crippen molar-refractivity contribution in [1.29, 1.82) is 0 Å². The van der Waals surface area contributed by atoms with Gasteiger partial charge in [0.1, 0.15) is 12.1 Å². The Hall–Kier alpha value is -3.76. The van der Waals surface area contributed by atoms with E-state index in [2.05, 4.69) is 83.1 Å². The first-order valence-corrected chi connectivity index (χ1v) is 15.4. The normalized spacial score (nSPS) is 12.8. The second-order valence-corrected chi connectivity index (χ2v) is 9.79. The predicted molar refractivity (Wildman–Crippen MR) is 172 cm³/mol. The standard InChI is InChI=1S/C34H52N2O8/c1-3-4-5-6-7-8-9-10-11-12-13-14-15-16-17-18-19-23-31(39)35-26-21-20-22-30(34(42)44-29(27-37)28-38)36-32(40)24-25-33(41)43-2/h4-5,7-8,10-11,13-14,16-17,24-25,29-30,37-38H,3,6,9,12,15,18-23,26-28H2,1-2H3,(H,35,39)(H,36,40)/b5-4-,8-7-,11-10-,14-13-,17-16-,25-24+/t30-/m0/s1. The lowest BCUT2D eigenvalue weighted by molar-refractivity contribution is -0.157. The zero-order chi connectivity index (χ0) is 32.7. The summed E-state index contributed by atoms with van der Waals surface area (Å²) in [7, 11) is 1.17. The molecule has 0 rings (SSSR count). The van der Waals surface area contributed by atoms with Gasteiger partial charge in [0.05, 0.1) is 20.3 Å². The maximum atomic E-state index is 12.4. The Balaban J connectivity index is 4.19. The number of esters is 2. The van der Waals surface area contributed by atoms with Crippen molar-refractivity contribution in [2.24, 2.45) is 0 Å². The van der Waals surface area contributed by atoms with Gasteiger partial charge in [0.2, 0.25) is 11.8 Å². The van der Waals surface area contributed by atoms with E-state index in [4.69, 9.17) is 14.9 Å². The third-order valence-corrected chi connectivity index (χ3v) is 6.04. The maximum absolute atomic E-state index is 12.4. The number of methoxy groups -OCH3 is 1. The first kappa shape index (κ1) is 40.2. The van der Waals surface area contributed by atoms with Gasteiger partial charge in [-0.05, 0) is 64.2 Å². The molecule has 4 N–H and O–H groups in total. The van der Waals surface area contributed by atoms with Gasteiger partial charge in [-0.15, -0.1) is 0 Å². The zero-order valence-electron chi connectivity index (χ0n) is 26.3. The third kappa shape index (κ3) is 24.8. The molecule has 10 heteroatoms. The molecule has 0 aromatic heterocycles. The molecule has 0 saturated carbocycles. The van der Waals surface area contributed by atoms with Crippen LogP contribution in [-0.2, 0) is 28.7 Å². The van der Waals surface area contributed by atoms with Gasteiger partial charge in [0.15, 0.2) is 0 Å². The number of carbonyl (C=O) groups is 4. The summed E-state index contributed by atoms with van der Waals surface area (Å²) in [5, 5.41) is 23.6. The monoisotopic (exact) mass is 616 g/mol. The molecule has 0 heterocycles. The molecule has 0 bridgehead atoms. The molecule has 0 saturated heterocycles. The van der Waals surface area contributed by atoms with Crippen molar-refractivity contribution in [3.8, 4) is 0 Å². The largest absolute Gasteiger partial charge is 0.466 e. The van der Waals surface area contributed by atoms with Crippen molar-refractivity contribution >= 4 is 23.8 Å². The van der Waals surface area contributed by atoms with Crippen LogP contribution in [0.4, 0.5) is 0 Å². The summed E-state index contributed by atoms with van der Waals surface area (Å²) in [4.78, 5) is 47.8. The van der Waals surface area contributed by atoms with Crippen LogP contribution in [0.3, 0.4) is 0 Å². The summed E-state index contributed by atoms with van der Waals surface area (Å²) in [6.07, 6.45) is 30.2. The van der Waals surface area contributed by atoms with Gasteiger partial charge < -0.3 is 30.3 Å². The van der Waals surface area contributed by atoms with Crippen LogP contribution in [-0.4, -0.2) is 73.0 Å². The number of hydrogen-bond donors (Lipinski definition) is 4. The number of carbonyl (C=O) groups excluding carboxylic acids is 4. The highest BCUT2D eigenvalue weighted by Gasteiger charge is 2.24. The molecular weight excluding hydrogens is 564 g/mol. The number of aliphatic hydroxyl groups excluding tert-OH is 2. The van der Waals surface area contributed by atoms with Crippen LogP contribution in [0.15, 0.2) is 72.9 Å². The van der Waals surface area contributed by atoms with Crippen LogP contribution in [0, 0.1) is 0 Å². The Labute approximate surface area is 262 Å². The Morgan fingerprint density at radius 3 is 1.86 bits per heavy atom. The molecule has 0 aromatic rings. The lowest BCUT2D eigenvalue weighted by atomic mass is 10.1. The minimum atomic E-state index is -1.11. The fourth-order valence-corrected chi connectivity index (χ4v) is 3.60. The summed E-state index contributed by atoms with van der Waals surface area (Å²) in [5.74, 6) is -2.31. The van der Waals surface area contributed by atoms with Gasteiger partial charge in [-0.1, -0.05) is 67.7 Å². The molecule has 2 amide bonds. The molecule has 44 heavy (non-hydrogen) atoms. The Bertz CT molecular complexity index is 978. The molecule has 246 valence electrons. The van der Waals surface area contributed by atoms with Crippen LogP contribution in [0.5, 0.6) is 0 Å². The van der Waals surface area contributed by atoms with Gasteiger partial charge in [-0.2, -0.15) is 0 Å². The molecule has 0 aliphatic carbocycles. The van der Waals surface area contributed by atoms with Crippen molar-refractivity contribution in [3.05, 3.63) is 72.9 Å². The minimum absolute atomic E-state index is 0.0525. The van der Waals surface area contributed by atoms with Gasteiger partial charge in [-0.3, -0.25) is 9.59 Å². The van der Waals surface area contributed by atoms with Gasteiger partial charge in [0.25, 0.3) is 0 Å². The van der Waals surface area contributed by atoms with E-state index in [1.807, 2.05) is 0 Å². The molecule has 0 fully saturated rings. The number of unbranched alkanes of at least 4 members (excludes halogenated alkanes) is 2. The van der Waals surface area contributed by atoms with E-state index in [1.165, 1.54) is 7.11 Å². The molecule has 0 aromatic carbocycles. The van der Waals surface area contributed by atoms with Crippen molar-refractivity contribution in [2.45, 2.75) is 89.7 Å². The van der Waals surface area contributed by atoms with Gasteiger partial charge >= 0.3 is 11.9 Å². The predicted octanol–water partition coefficient (Wildman–Crippen LogP) is 4.31. The second kappa shape index (κ2) is 29.3. The molecule has 0 aliphatic rings. The van der Waals surface area contributed by atoms with Crippen molar-refractivity contribution < 1.29 is 38.9 Å². The van der Waals surface area contributed by atoms with Crippen LogP contribution in [0.25, 0.3) is 0 Å². The first-order valence-electron chi connectivity index (χ1n) is 15.4. The van der Waals surface area contributed by atoms with Crippen LogP contribution in [0.2, 0.25) is 0 Å². The van der Waals surface area contributed by atoms with Gasteiger partial charge in [-0.25, -0.2) is 9.59 Å². The summed E-state index contributed by atoms with van der Waals surface area (Å²) in [6, 6.07) is -1.07. The smallest absolute Gasteiger partial charge is 0.330 e. The highest BCUT2D eigenvalue weighted by molar-refractivity contribution is 5.96. The first-order chi connectivity index (χ1) is 21.4. The van der Waals surface area contributed by atoms with E-state index in [0.717, 1.165) is 57.1 Å². The summed E-state index contributed by atoms with van der Waals surface area (Å²) in [5.41, 5.74) is 0. The van der Waals surface area contributed by atoms with E-state index in [1.54, 1.807) is 0 Å². The van der Waals surface area contributed by atoms with Crippen molar-refractivity contribution in [2.75, 3.05) is 26.9 Å². The quantitative estimate of drug-likeness (QED) is 0.0513. The number of aliphatic hydroxyl groups is 2. The molecule has 10 nitrogen and oxygen atoms in total. The summed E-state index contributed by atoms with van der Waals surface area (Å²) < 4.78 is 9.45. The highest BCUT2D eigenvalue weighted by Crippen LogP contribution is 2.06. The van der Waals surface area contributed by atoms with Crippen molar-refractivity contribution in [1.82, 2.24) is 10.6 Å². The fourth-order valence-electron chi connectivity index (χ4n) is 3.60. The van der Waals surface area contributed by atoms with E-state index in [9.17, 15) is 19.2 Å². The van der Waals surface area contributed by atoms with E-state index >= 15 is 0 Å². The van der Waals surface area contributed by atoms with Crippen LogP contribution < -0.4 is 10.6 Å². The molecule has 1 atom stereocenters. The molecular formula is C34H52N2O8. The number of nitrogens with one attached hydrogen (secondary N) is 2. The number of allylic oxidation sites excluding steroid dienone is 10. The Kier molecular flexibility index (Phi) is 26.8. The fraction of sp³-hybridized carbons (Fsp3) is 0.529. The number of amides is 2. The SMILES string of the molecule is CC/C=C\C/C=C\C/C=C\C/C=C\C/C=C\CCCC(=O)NCCCC[C@H](NC(=O)/C=C/C(=O)OC)C(=O)OC(CO)CO. The molecule has 0 radical (unpaired) electrons.